The Morgan fingerprint density at radius 1 is 1.47 bits per heavy atom. The van der Waals surface area contributed by atoms with E-state index in [1.54, 1.807) is 14.2 Å². The smallest absolute Gasteiger partial charge is 0.206 e. The maximum absolute atomic E-state index is 5.45. The van der Waals surface area contributed by atoms with Crippen molar-refractivity contribution in [2.45, 2.75) is 44.4 Å². The SMILES string of the molecule is COCC(C)NC(=NC1CCC(OC)C1)NN. The molecule has 0 aliphatic heterocycles. The lowest BCUT2D eigenvalue weighted by Gasteiger charge is -2.17. The normalized spacial score (nSPS) is 26.9. The number of hydrogen-bond acceptors (Lipinski definition) is 4. The molecule has 3 unspecified atom stereocenters. The van der Waals surface area contributed by atoms with E-state index in [2.05, 4.69) is 15.7 Å². The molecule has 1 rings (SSSR count). The fourth-order valence-electron chi connectivity index (χ4n) is 2.07. The molecule has 1 fully saturated rings. The van der Waals surface area contributed by atoms with E-state index in [1.807, 2.05) is 6.92 Å². The van der Waals surface area contributed by atoms with Crippen LogP contribution in [0.1, 0.15) is 26.2 Å². The largest absolute Gasteiger partial charge is 0.383 e. The summed E-state index contributed by atoms with van der Waals surface area (Å²) in [6.07, 6.45) is 3.40. The highest BCUT2D eigenvalue weighted by Gasteiger charge is 2.24. The Kier molecular flexibility index (Phi) is 6.25. The van der Waals surface area contributed by atoms with Gasteiger partial charge in [-0.05, 0) is 26.2 Å². The van der Waals surface area contributed by atoms with Crippen LogP contribution in [-0.2, 0) is 9.47 Å². The van der Waals surface area contributed by atoms with Crippen LogP contribution in [0.5, 0.6) is 0 Å². The molecule has 6 heteroatoms. The number of guanidine groups is 1. The summed E-state index contributed by atoms with van der Waals surface area (Å²) in [4.78, 5) is 4.55. The van der Waals surface area contributed by atoms with Crippen LogP contribution in [0.25, 0.3) is 0 Å². The van der Waals surface area contributed by atoms with E-state index in [4.69, 9.17) is 15.3 Å². The maximum atomic E-state index is 5.45. The van der Waals surface area contributed by atoms with Gasteiger partial charge < -0.3 is 14.8 Å². The third-order valence-corrected chi connectivity index (χ3v) is 2.94. The minimum absolute atomic E-state index is 0.175. The van der Waals surface area contributed by atoms with Crippen LogP contribution < -0.4 is 16.6 Å². The molecule has 0 heterocycles. The number of hydrogen-bond donors (Lipinski definition) is 3. The van der Waals surface area contributed by atoms with Gasteiger partial charge in [-0.1, -0.05) is 0 Å². The van der Waals surface area contributed by atoms with E-state index in [0.717, 1.165) is 19.3 Å². The van der Waals surface area contributed by atoms with Crippen LogP contribution in [0.15, 0.2) is 4.99 Å². The molecule has 1 aliphatic rings. The van der Waals surface area contributed by atoms with Gasteiger partial charge in [0, 0.05) is 20.3 Å². The lowest BCUT2D eigenvalue weighted by molar-refractivity contribution is 0.108. The van der Waals surface area contributed by atoms with Crippen molar-refractivity contribution in [1.82, 2.24) is 10.7 Å². The highest BCUT2D eigenvalue weighted by Crippen LogP contribution is 2.23. The predicted octanol–water partition coefficient (Wildman–Crippen LogP) is -0.00230. The third kappa shape index (κ3) is 4.89. The molecule has 6 nitrogen and oxygen atoms in total. The zero-order valence-electron chi connectivity index (χ0n) is 10.9. The van der Waals surface area contributed by atoms with Gasteiger partial charge in [-0.2, -0.15) is 0 Å². The van der Waals surface area contributed by atoms with Gasteiger partial charge in [0.1, 0.15) is 0 Å². The van der Waals surface area contributed by atoms with Gasteiger partial charge >= 0.3 is 0 Å². The summed E-state index contributed by atoms with van der Waals surface area (Å²) in [5.74, 6) is 6.07. The second-order valence-electron chi connectivity index (χ2n) is 4.45. The van der Waals surface area contributed by atoms with E-state index in [9.17, 15) is 0 Å². The molecular weight excluding hydrogens is 220 g/mol. The van der Waals surface area contributed by atoms with Crippen LogP contribution >= 0.6 is 0 Å². The quantitative estimate of drug-likeness (QED) is 0.274. The van der Waals surface area contributed by atoms with E-state index in [-0.39, 0.29) is 12.1 Å². The van der Waals surface area contributed by atoms with E-state index >= 15 is 0 Å². The molecule has 1 aliphatic carbocycles. The van der Waals surface area contributed by atoms with Crippen molar-refractivity contribution >= 4 is 5.96 Å². The van der Waals surface area contributed by atoms with Gasteiger partial charge in [0.25, 0.3) is 0 Å². The Balaban J connectivity index is 2.43. The first-order valence-electron chi connectivity index (χ1n) is 6.02. The summed E-state index contributed by atoms with van der Waals surface area (Å²) >= 11 is 0. The average Bonchev–Trinajstić information content (AvgIpc) is 2.76. The first-order valence-corrected chi connectivity index (χ1v) is 6.02. The molecular formula is C11H24N4O2. The number of nitrogens with two attached hydrogens (primary N) is 1. The van der Waals surface area contributed by atoms with Crippen molar-refractivity contribution < 1.29 is 9.47 Å². The Morgan fingerprint density at radius 2 is 2.24 bits per heavy atom. The van der Waals surface area contributed by atoms with Crippen molar-refractivity contribution in [3.63, 3.8) is 0 Å². The fourth-order valence-corrected chi connectivity index (χ4v) is 2.07. The Hall–Kier alpha value is -0.850. The predicted molar refractivity (Wildman–Crippen MR) is 67.7 cm³/mol. The van der Waals surface area contributed by atoms with Crippen molar-refractivity contribution in [2.24, 2.45) is 10.8 Å². The lowest BCUT2D eigenvalue weighted by Crippen LogP contribution is -2.47. The molecule has 0 radical (unpaired) electrons. The van der Waals surface area contributed by atoms with Crippen LogP contribution in [0.2, 0.25) is 0 Å². The summed E-state index contributed by atoms with van der Waals surface area (Å²) in [5.41, 5.74) is 2.59. The molecule has 0 aromatic rings. The summed E-state index contributed by atoms with van der Waals surface area (Å²) in [7, 11) is 3.42. The summed E-state index contributed by atoms with van der Waals surface area (Å²) < 4.78 is 10.4. The number of rotatable bonds is 5. The molecule has 0 saturated heterocycles. The van der Waals surface area contributed by atoms with Gasteiger partial charge in [0.05, 0.1) is 18.8 Å². The topological polar surface area (TPSA) is 80.9 Å². The molecule has 0 aromatic carbocycles. The van der Waals surface area contributed by atoms with E-state index in [0.29, 0.717) is 18.7 Å². The van der Waals surface area contributed by atoms with Crippen molar-refractivity contribution in [1.29, 1.82) is 0 Å². The second kappa shape index (κ2) is 7.47. The molecule has 100 valence electrons. The number of hydrazine groups is 1. The number of aliphatic imine (C=N–C) groups is 1. The first kappa shape index (κ1) is 14.2. The lowest BCUT2D eigenvalue weighted by atomic mass is 10.2. The minimum Gasteiger partial charge on any atom is -0.383 e. The van der Waals surface area contributed by atoms with Gasteiger partial charge in [-0.3, -0.25) is 5.43 Å². The van der Waals surface area contributed by atoms with Gasteiger partial charge in [-0.25, -0.2) is 10.8 Å². The van der Waals surface area contributed by atoms with Gasteiger partial charge in [0.15, 0.2) is 0 Å². The number of ether oxygens (including phenoxy) is 2. The Labute approximate surface area is 103 Å². The molecule has 0 bridgehead atoms. The summed E-state index contributed by atoms with van der Waals surface area (Å²) in [6.45, 7) is 2.63. The zero-order chi connectivity index (χ0) is 12.7. The summed E-state index contributed by atoms with van der Waals surface area (Å²) in [5, 5.41) is 3.18. The third-order valence-electron chi connectivity index (χ3n) is 2.94. The van der Waals surface area contributed by atoms with Gasteiger partial charge in [-0.15, -0.1) is 0 Å². The molecule has 0 spiro atoms. The fraction of sp³-hybridized carbons (Fsp3) is 0.909. The maximum Gasteiger partial charge on any atom is 0.206 e. The van der Waals surface area contributed by atoms with Crippen molar-refractivity contribution in [3.8, 4) is 0 Å². The van der Waals surface area contributed by atoms with Crippen LogP contribution in [0, 0.1) is 0 Å². The number of nitrogens with zero attached hydrogens (tertiary/aromatic N) is 1. The van der Waals surface area contributed by atoms with Crippen LogP contribution in [0.4, 0.5) is 0 Å². The second-order valence-corrected chi connectivity index (χ2v) is 4.45. The standard InChI is InChI=1S/C11H24N4O2/c1-8(7-16-2)13-11(15-12)14-9-4-5-10(6-9)17-3/h8-10H,4-7,12H2,1-3H3,(H2,13,14,15). The molecule has 0 aromatic heterocycles. The Bertz CT molecular complexity index is 248. The monoisotopic (exact) mass is 244 g/mol. The van der Waals surface area contributed by atoms with E-state index in [1.165, 1.54) is 0 Å². The Morgan fingerprint density at radius 3 is 2.76 bits per heavy atom. The number of methoxy groups -OCH3 is 2. The average molecular weight is 244 g/mol. The zero-order valence-corrected chi connectivity index (χ0v) is 10.9. The highest BCUT2D eigenvalue weighted by molar-refractivity contribution is 5.79. The molecule has 1 saturated carbocycles. The van der Waals surface area contributed by atoms with Crippen LogP contribution in [-0.4, -0.2) is 45.0 Å². The molecule has 17 heavy (non-hydrogen) atoms. The number of nitrogens with one attached hydrogen (secondary N) is 2. The minimum atomic E-state index is 0.175. The van der Waals surface area contributed by atoms with Crippen LogP contribution in [0.3, 0.4) is 0 Å². The molecule has 3 atom stereocenters. The van der Waals surface area contributed by atoms with Crippen molar-refractivity contribution in [3.05, 3.63) is 0 Å². The molecule has 0 amide bonds. The first-order chi connectivity index (χ1) is 8.19. The van der Waals surface area contributed by atoms with Gasteiger partial charge in [0.2, 0.25) is 5.96 Å². The highest BCUT2D eigenvalue weighted by atomic mass is 16.5. The van der Waals surface area contributed by atoms with E-state index < -0.39 is 0 Å². The van der Waals surface area contributed by atoms with Crippen molar-refractivity contribution in [2.75, 3.05) is 20.8 Å². The molecule has 4 N–H and O–H groups in total. The summed E-state index contributed by atoms with van der Waals surface area (Å²) in [6, 6.07) is 0.461.